The number of nitrogens with one attached hydrogen (secondary N) is 1. The second kappa shape index (κ2) is 10.4. The van der Waals surface area contributed by atoms with Crippen LogP contribution in [0.5, 0.6) is 0 Å². The Morgan fingerprint density at radius 2 is 1.78 bits per heavy atom. The van der Waals surface area contributed by atoms with Crippen molar-refractivity contribution in [1.82, 2.24) is 24.6 Å². The van der Waals surface area contributed by atoms with E-state index in [2.05, 4.69) is 20.3 Å². The summed E-state index contributed by atoms with van der Waals surface area (Å²) in [6.07, 6.45) is -1.92. The molecule has 9 nitrogen and oxygen atoms in total. The van der Waals surface area contributed by atoms with Crippen molar-refractivity contribution in [3.63, 3.8) is 0 Å². The molecule has 1 aliphatic rings. The second-order valence-electron chi connectivity index (χ2n) is 9.72. The molecule has 0 saturated carbocycles. The molecule has 0 bridgehead atoms. The number of halogens is 5. The van der Waals surface area contributed by atoms with Gasteiger partial charge in [-0.05, 0) is 43.5 Å². The van der Waals surface area contributed by atoms with E-state index >= 15 is 0 Å². The standard InChI is InChI=1S/C26H22F5N5O4S/c1-13-5-21(36(14(13)2)41(38,39)23-8-15-6-18(27)3-4-22(15)40-23)24(37)33-9-16-7-20(32-12-19(16)28)17-10-34-25(35-11-17)26(29,30)31/h3-4,6-8,10-14,21H,5,9H2,1-2H3,(H,33,37)/t13-,14+,21+/m1/s1. The minimum atomic E-state index is -4.73. The monoisotopic (exact) mass is 595 g/mol. The predicted octanol–water partition coefficient (Wildman–Crippen LogP) is 4.69. The molecule has 5 rings (SSSR count). The van der Waals surface area contributed by atoms with Gasteiger partial charge in [-0.15, -0.1) is 0 Å². The summed E-state index contributed by atoms with van der Waals surface area (Å²) in [5.74, 6) is -3.62. The topological polar surface area (TPSA) is 118 Å². The van der Waals surface area contributed by atoms with Crippen LogP contribution in [0.15, 0.2) is 58.4 Å². The zero-order valence-corrected chi connectivity index (χ0v) is 22.3. The highest BCUT2D eigenvalue weighted by Gasteiger charge is 2.48. The van der Waals surface area contributed by atoms with Gasteiger partial charge >= 0.3 is 6.18 Å². The van der Waals surface area contributed by atoms with Crippen molar-refractivity contribution in [3.05, 3.63) is 71.9 Å². The van der Waals surface area contributed by atoms with Gasteiger partial charge in [0.15, 0.2) is 0 Å². The van der Waals surface area contributed by atoms with Gasteiger partial charge in [-0.1, -0.05) is 6.92 Å². The van der Waals surface area contributed by atoms with Crippen LogP contribution in [0.4, 0.5) is 22.0 Å². The number of sulfonamides is 1. The number of hydrogen-bond acceptors (Lipinski definition) is 7. The fourth-order valence-electron chi connectivity index (χ4n) is 4.70. The third-order valence-corrected chi connectivity index (χ3v) is 8.86. The fourth-order valence-corrected chi connectivity index (χ4v) is 6.54. The Kier molecular flexibility index (Phi) is 7.27. The van der Waals surface area contributed by atoms with Gasteiger partial charge in [0.05, 0.1) is 11.9 Å². The van der Waals surface area contributed by atoms with Crippen LogP contribution in [0.3, 0.4) is 0 Å². The summed E-state index contributed by atoms with van der Waals surface area (Å²) < 4.78 is 100. The van der Waals surface area contributed by atoms with E-state index < -0.39 is 56.7 Å². The van der Waals surface area contributed by atoms with Crippen LogP contribution in [0, 0.1) is 17.6 Å². The number of rotatable bonds is 6. The summed E-state index contributed by atoms with van der Waals surface area (Å²) in [6.45, 7) is 3.08. The number of benzene rings is 1. The first-order valence-electron chi connectivity index (χ1n) is 12.3. The van der Waals surface area contributed by atoms with E-state index in [1.165, 1.54) is 18.2 Å². The highest BCUT2D eigenvalue weighted by molar-refractivity contribution is 7.89. The number of hydrogen-bond donors (Lipinski definition) is 1. The van der Waals surface area contributed by atoms with E-state index in [9.17, 15) is 35.2 Å². The molecule has 41 heavy (non-hydrogen) atoms. The van der Waals surface area contributed by atoms with Crippen LogP contribution in [-0.4, -0.2) is 45.7 Å². The van der Waals surface area contributed by atoms with Gasteiger partial charge in [0, 0.05) is 47.6 Å². The van der Waals surface area contributed by atoms with Gasteiger partial charge in [0.2, 0.25) is 16.8 Å². The molecular weight excluding hydrogens is 573 g/mol. The average Bonchev–Trinajstić information content (AvgIpc) is 3.48. The van der Waals surface area contributed by atoms with Crippen molar-refractivity contribution in [2.45, 2.75) is 50.2 Å². The van der Waals surface area contributed by atoms with Crippen LogP contribution in [0.1, 0.15) is 31.7 Å². The van der Waals surface area contributed by atoms with Crippen molar-refractivity contribution >= 4 is 26.9 Å². The molecule has 0 unspecified atom stereocenters. The van der Waals surface area contributed by atoms with Crippen molar-refractivity contribution in [2.75, 3.05) is 0 Å². The van der Waals surface area contributed by atoms with Crippen molar-refractivity contribution in [3.8, 4) is 11.3 Å². The lowest BCUT2D eigenvalue weighted by Gasteiger charge is -2.26. The first-order valence-corrected chi connectivity index (χ1v) is 13.7. The van der Waals surface area contributed by atoms with Gasteiger partial charge in [-0.25, -0.2) is 27.2 Å². The molecule has 1 aromatic carbocycles. The summed E-state index contributed by atoms with van der Waals surface area (Å²) in [7, 11) is -4.33. The molecule has 1 saturated heterocycles. The highest BCUT2D eigenvalue weighted by atomic mass is 32.2. The lowest BCUT2D eigenvalue weighted by molar-refractivity contribution is -0.145. The Balaban J connectivity index is 1.36. The van der Waals surface area contributed by atoms with Gasteiger partial charge < -0.3 is 9.73 Å². The van der Waals surface area contributed by atoms with Gasteiger partial charge in [-0.3, -0.25) is 9.78 Å². The molecule has 15 heteroatoms. The van der Waals surface area contributed by atoms with E-state index in [1.54, 1.807) is 13.8 Å². The Morgan fingerprint density at radius 1 is 1.07 bits per heavy atom. The fraction of sp³-hybridized carbons (Fsp3) is 0.308. The first kappa shape index (κ1) is 28.5. The van der Waals surface area contributed by atoms with Crippen molar-refractivity contribution < 1.29 is 39.6 Å². The van der Waals surface area contributed by atoms with Crippen molar-refractivity contribution in [2.24, 2.45) is 5.92 Å². The smallest absolute Gasteiger partial charge is 0.443 e. The molecule has 0 radical (unpaired) electrons. The highest BCUT2D eigenvalue weighted by Crippen LogP contribution is 2.37. The number of alkyl halides is 3. The third kappa shape index (κ3) is 5.51. The summed E-state index contributed by atoms with van der Waals surface area (Å²) in [5.41, 5.74) is 0.273. The van der Waals surface area contributed by atoms with Crippen LogP contribution < -0.4 is 5.32 Å². The normalized spacial score (nSPS) is 20.0. The molecular formula is C26H22F5N5O4S. The number of fused-ring (bicyclic) bond motifs is 1. The third-order valence-electron chi connectivity index (χ3n) is 7.01. The lowest BCUT2D eigenvalue weighted by atomic mass is 10.0. The Labute approximate surface area is 230 Å². The van der Waals surface area contributed by atoms with E-state index in [-0.39, 0.29) is 46.7 Å². The van der Waals surface area contributed by atoms with Crippen LogP contribution in [0.2, 0.25) is 0 Å². The maximum Gasteiger partial charge on any atom is 0.451 e. The Hall–Kier alpha value is -3.98. The SMILES string of the molecule is C[C@@H]1C[C@@H](C(=O)NCc2cc(-c3cnc(C(F)(F)F)nc3)ncc2F)N(S(=O)(=O)c2cc3cc(F)ccc3o2)[C@H]1C. The van der Waals surface area contributed by atoms with Crippen LogP contribution >= 0.6 is 0 Å². The van der Waals surface area contributed by atoms with E-state index in [1.807, 2.05) is 0 Å². The van der Waals surface area contributed by atoms with Gasteiger partial charge in [0.1, 0.15) is 23.3 Å². The number of pyridine rings is 1. The maximum absolute atomic E-state index is 14.5. The number of nitrogens with zero attached hydrogens (tertiary/aromatic N) is 4. The number of furan rings is 1. The molecule has 3 aromatic heterocycles. The van der Waals surface area contributed by atoms with E-state index in [0.717, 1.165) is 35.0 Å². The summed E-state index contributed by atoms with van der Waals surface area (Å²) in [4.78, 5) is 23.6. The average molecular weight is 596 g/mol. The summed E-state index contributed by atoms with van der Waals surface area (Å²) in [6, 6.07) is 4.24. The maximum atomic E-state index is 14.5. The number of amides is 1. The molecule has 216 valence electrons. The quantitative estimate of drug-likeness (QED) is 0.322. The zero-order chi connectivity index (χ0) is 29.7. The Bertz CT molecular complexity index is 1730. The molecule has 0 aliphatic carbocycles. The minimum Gasteiger partial charge on any atom is -0.443 e. The predicted molar refractivity (Wildman–Crippen MR) is 134 cm³/mol. The lowest BCUT2D eigenvalue weighted by Crippen LogP contribution is -2.48. The molecule has 3 atom stereocenters. The molecule has 1 aliphatic heterocycles. The number of aromatic nitrogens is 3. The molecule has 4 aromatic rings. The Morgan fingerprint density at radius 3 is 2.46 bits per heavy atom. The summed E-state index contributed by atoms with van der Waals surface area (Å²) >= 11 is 0. The van der Waals surface area contributed by atoms with E-state index in [0.29, 0.717) is 0 Å². The van der Waals surface area contributed by atoms with Gasteiger partial charge in [-0.2, -0.15) is 17.5 Å². The van der Waals surface area contributed by atoms with E-state index in [4.69, 9.17) is 4.42 Å². The number of carbonyl (C=O) groups excluding carboxylic acids is 1. The zero-order valence-electron chi connectivity index (χ0n) is 21.5. The number of carbonyl (C=O) groups is 1. The summed E-state index contributed by atoms with van der Waals surface area (Å²) in [5, 5.41) is 2.34. The van der Waals surface area contributed by atoms with Gasteiger partial charge in [0.25, 0.3) is 10.0 Å². The molecule has 1 fully saturated rings. The second-order valence-corrected chi connectivity index (χ2v) is 11.5. The molecule has 1 N–H and O–H groups in total. The molecule has 4 heterocycles. The molecule has 0 spiro atoms. The first-order chi connectivity index (χ1) is 19.3. The minimum absolute atomic E-state index is 0.0453. The largest absolute Gasteiger partial charge is 0.451 e. The van der Waals surface area contributed by atoms with Crippen LogP contribution in [0.25, 0.3) is 22.2 Å². The van der Waals surface area contributed by atoms with Crippen LogP contribution in [-0.2, 0) is 27.5 Å². The van der Waals surface area contributed by atoms with Crippen molar-refractivity contribution in [1.29, 1.82) is 0 Å². The molecule has 1 amide bonds.